The second-order valence-electron chi connectivity index (χ2n) is 7.55. The number of hydrogen-bond acceptors (Lipinski definition) is 5. The Bertz CT molecular complexity index is 872. The van der Waals surface area contributed by atoms with Crippen molar-refractivity contribution in [3.05, 3.63) is 49.1 Å². The number of aromatic nitrogens is 5. The van der Waals surface area contributed by atoms with Crippen molar-refractivity contribution in [2.75, 3.05) is 0 Å². The summed E-state index contributed by atoms with van der Waals surface area (Å²) in [6.45, 7) is 8.18. The Kier molecular flexibility index (Phi) is 5.21. The summed E-state index contributed by atoms with van der Waals surface area (Å²) in [5, 5.41) is 8.20. The van der Waals surface area contributed by atoms with Crippen LogP contribution in [0.5, 0.6) is 0 Å². The van der Waals surface area contributed by atoms with E-state index >= 15 is 0 Å². The van der Waals surface area contributed by atoms with E-state index in [1.807, 2.05) is 76.9 Å². The summed E-state index contributed by atoms with van der Waals surface area (Å²) in [6.07, 6.45) is 7.12. The molecule has 7 nitrogen and oxygen atoms in total. The molecule has 8 heteroatoms. The number of nitrogens with zero attached hydrogens (tertiary/aromatic N) is 5. The molecular weight excluding hydrogens is 341 g/mol. The molecule has 3 aromatic heterocycles. The van der Waals surface area contributed by atoms with Gasteiger partial charge < -0.3 is 9.31 Å². The third-order valence-electron chi connectivity index (χ3n) is 5.13. The molecule has 1 fully saturated rings. The van der Waals surface area contributed by atoms with Crippen molar-refractivity contribution in [3.63, 3.8) is 0 Å². The van der Waals surface area contributed by atoms with Crippen molar-refractivity contribution in [2.45, 2.75) is 38.9 Å². The van der Waals surface area contributed by atoms with Crippen LogP contribution in [0.15, 0.2) is 49.1 Å². The maximum Gasteiger partial charge on any atom is 0.514 e. The predicted molar refractivity (Wildman–Crippen MR) is 105 cm³/mol. The number of aryl methyl sites for hydroxylation is 2. The van der Waals surface area contributed by atoms with Crippen LogP contribution >= 0.6 is 0 Å². The lowest BCUT2D eigenvalue weighted by atomic mass is 9.85. The molecule has 3 aromatic rings. The van der Waals surface area contributed by atoms with Crippen LogP contribution in [0.1, 0.15) is 27.7 Å². The summed E-state index contributed by atoms with van der Waals surface area (Å²) in [7, 11) is 3.49. The molecule has 1 aliphatic heterocycles. The summed E-state index contributed by atoms with van der Waals surface area (Å²) < 4.78 is 15.4. The first-order valence-electron chi connectivity index (χ1n) is 8.93. The van der Waals surface area contributed by atoms with Crippen LogP contribution < -0.4 is 5.59 Å². The predicted octanol–water partition coefficient (Wildman–Crippen LogP) is 2.20. The number of rotatable bonds is 2. The molecule has 4 rings (SSSR count). The average Bonchev–Trinajstić information content (AvgIpc) is 3.28. The summed E-state index contributed by atoms with van der Waals surface area (Å²) >= 11 is 0. The normalized spacial score (nSPS) is 17.5. The Morgan fingerprint density at radius 2 is 1.48 bits per heavy atom. The first-order valence-corrected chi connectivity index (χ1v) is 8.93. The molecule has 0 unspecified atom stereocenters. The van der Waals surface area contributed by atoms with Gasteiger partial charge in [0.2, 0.25) is 0 Å². The van der Waals surface area contributed by atoms with Gasteiger partial charge in [0.15, 0.2) is 0 Å². The molecule has 1 aliphatic rings. The number of hydrogen-bond donors (Lipinski definition) is 0. The number of pyridine rings is 1. The Labute approximate surface area is 160 Å². The topological polar surface area (TPSA) is 67.0 Å². The van der Waals surface area contributed by atoms with Crippen molar-refractivity contribution in [2.24, 2.45) is 14.1 Å². The lowest BCUT2D eigenvalue weighted by Crippen LogP contribution is -2.41. The van der Waals surface area contributed by atoms with E-state index in [4.69, 9.17) is 9.31 Å². The molecule has 0 aromatic carbocycles. The van der Waals surface area contributed by atoms with E-state index < -0.39 is 0 Å². The molecule has 27 heavy (non-hydrogen) atoms. The third-order valence-corrected chi connectivity index (χ3v) is 5.13. The fourth-order valence-electron chi connectivity index (χ4n) is 2.75. The highest BCUT2D eigenvalue weighted by molar-refractivity contribution is 6.61. The Morgan fingerprint density at radius 3 is 1.96 bits per heavy atom. The Balaban J connectivity index is 0.000000159. The molecule has 0 atom stereocenters. The lowest BCUT2D eigenvalue weighted by Gasteiger charge is -2.32. The SMILES string of the molecule is Cn1nccc1-c1cccnc1.Cn1nccc1B1OC(C)(C)C(C)(C)O1. The molecular formula is C19H26BN5O2. The smallest absolute Gasteiger partial charge is 0.398 e. The summed E-state index contributed by atoms with van der Waals surface area (Å²) in [6, 6.07) is 7.82. The zero-order chi connectivity index (χ0) is 19.7. The van der Waals surface area contributed by atoms with Crippen LogP contribution in [0.4, 0.5) is 0 Å². The minimum absolute atomic E-state index is 0.290. The van der Waals surface area contributed by atoms with Crippen LogP contribution in [0.25, 0.3) is 11.3 Å². The fourth-order valence-corrected chi connectivity index (χ4v) is 2.75. The molecule has 0 bridgehead atoms. The summed E-state index contributed by atoms with van der Waals surface area (Å²) in [5.74, 6) is 0. The minimum Gasteiger partial charge on any atom is -0.398 e. The van der Waals surface area contributed by atoms with Gasteiger partial charge in [-0.2, -0.15) is 10.2 Å². The van der Waals surface area contributed by atoms with Crippen LogP contribution in [0.2, 0.25) is 0 Å². The van der Waals surface area contributed by atoms with Crippen molar-refractivity contribution in [3.8, 4) is 11.3 Å². The van der Waals surface area contributed by atoms with Gasteiger partial charge in [0.1, 0.15) is 0 Å². The molecule has 1 saturated heterocycles. The van der Waals surface area contributed by atoms with Crippen LogP contribution in [0.3, 0.4) is 0 Å². The van der Waals surface area contributed by atoms with Crippen LogP contribution in [-0.2, 0) is 23.4 Å². The third kappa shape index (κ3) is 3.96. The van der Waals surface area contributed by atoms with E-state index in [-0.39, 0.29) is 18.3 Å². The first kappa shape index (κ1) is 19.3. The van der Waals surface area contributed by atoms with Crippen LogP contribution in [0, 0.1) is 0 Å². The minimum atomic E-state index is -0.317. The van der Waals surface area contributed by atoms with E-state index in [0.29, 0.717) is 0 Å². The van der Waals surface area contributed by atoms with Gasteiger partial charge >= 0.3 is 7.12 Å². The van der Waals surface area contributed by atoms with E-state index in [1.165, 1.54) is 0 Å². The molecule has 0 aliphatic carbocycles. The van der Waals surface area contributed by atoms with Crippen molar-refractivity contribution in [1.82, 2.24) is 24.5 Å². The highest BCUT2D eigenvalue weighted by Crippen LogP contribution is 2.36. The van der Waals surface area contributed by atoms with Gasteiger partial charge in [-0.1, -0.05) is 0 Å². The van der Waals surface area contributed by atoms with Crippen LogP contribution in [-0.4, -0.2) is 42.9 Å². The van der Waals surface area contributed by atoms with Gasteiger partial charge in [0, 0.05) is 44.4 Å². The van der Waals surface area contributed by atoms with Crippen molar-refractivity contribution >= 4 is 12.7 Å². The molecule has 142 valence electrons. The Morgan fingerprint density at radius 1 is 0.852 bits per heavy atom. The van der Waals surface area contributed by atoms with Crippen molar-refractivity contribution in [1.29, 1.82) is 0 Å². The quantitative estimate of drug-likeness (QED) is 0.650. The summed E-state index contributed by atoms with van der Waals surface area (Å²) in [5.41, 5.74) is 2.55. The van der Waals surface area contributed by atoms with Gasteiger partial charge in [-0.25, -0.2) is 0 Å². The molecule has 0 radical (unpaired) electrons. The second kappa shape index (κ2) is 7.29. The first-order chi connectivity index (χ1) is 12.7. The van der Waals surface area contributed by atoms with E-state index in [1.54, 1.807) is 23.3 Å². The van der Waals surface area contributed by atoms with Gasteiger partial charge in [-0.3, -0.25) is 14.3 Å². The van der Waals surface area contributed by atoms with Crippen molar-refractivity contribution < 1.29 is 9.31 Å². The Hall–Kier alpha value is -2.45. The van der Waals surface area contributed by atoms with E-state index in [9.17, 15) is 0 Å². The standard InChI is InChI=1S/C10H17BN2O2.C9H9N3/c1-9(2)10(3,4)15-11(14-9)8-6-7-12-13(8)5;1-12-9(4-6-11-12)8-3-2-5-10-7-8/h6-7H,1-5H3;2-7H,1H3. The van der Waals surface area contributed by atoms with E-state index in [0.717, 1.165) is 16.9 Å². The summed E-state index contributed by atoms with van der Waals surface area (Å²) in [4.78, 5) is 4.04. The average molecular weight is 367 g/mol. The maximum absolute atomic E-state index is 5.91. The highest BCUT2D eigenvalue weighted by Gasteiger charge is 2.52. The van der Waals surface area contributed by atoms with Gasteiger partial charge in [-0.05, 0) is 52.0 Å². The fraction of sp³-hybridized carbons (Fsp3) is 0.421. The monoisotopic (exact) mass is 367 g/mol. The highest BCUT2D eigenvalue weighted by atomic mass is 16.7. The molecule has 0 N–H and O–H groups in total. The van der Waals surface area contributed by atoms with Gasteiger partial charge in [-0.15, -0.1) is 0 Å². The zero-order valence-electron chi connectivity index (χ0n) is 16.7. The lowest BCUT2D eigenvalue weighted by molar-refractivity contribution is 0.00578. The second-order valence-corrected chi connectivity index (χ2v) is 7.55. The van der Waals surface area contributed by atoms with Gasteiger partial charge in [0.05, 0.1) is 22.5 Å². The molecule has 4 heterocycles. The molecule has 0 spiro atoms. The zero-order valence-corrected chi connectivity index (χ0v) is 16.7. The largest absolute Gasteiger partial charge is 0.514 e. The van der Waals surface area contributed by atoms with Gasteiger partial charge in [0.25, 0.3) is 0 Å². The molecule has 0 saturated carbocycles. The molecule has 0 amide bonds. The maximum atomic E-state index is 5.91. The van der Waals surface area contributed by atoms with E-state index in [2.05, 4.69) is 15.2 Å².